The predicted molar refractivity (Wildman–Crippen MR) is 114 cm³/mol. The number of carboxylic acids is 1. The number of thiophene rings is 1. The van der Waals surface area contributed by atoms with E-state index in [0.29, 0.717) is 5.56 Å². The van der Waals surface area contributed by atoms with Crippen LogP contribution in [-0.2, 0) is 12.8 Å². The molecule has 2 aliphatic rings. The zero-order valence-corrected chi connectivity index (χ0v) is 18.0. The Labute approximate surface area is 171 Å². The van der Waals surface area contributed by atoms with E-state index in [2.05, 4.69) is 32.7 Å². The molecular formula is C23H29NO3S. The maximum Gasteiger partial charge on any atom is 0.337 e. The average molecular weight is 400 g/mol. The Hall–Kier alpha value is -1.85. The van der Waals surface area contributed by atoms with E-state index < -0.39 is 5.97 Å². The second-order valence-electron chi connectivity index (χ2n) is 9.07. The largest absolute Gasteiger partial charge is 0.489 e. The van der Waals surface area contributed by atoms with E-state index in [9.17, 15) is 9.90 Å². The van der Waals surface area contributed by atoms with Crippen molar-refractivity contribution in [2.45, 2.75) is 52.6 Å². The number of hydrogen-bond acceptors (Lipinski definition) is 4. The van der Waals surface area contributed by atoms with Gasteiger partial charge in [-0.15, -0.1) is 11.3 Å². The van der Waals surface area contributed by atoms with E-state index in [1.54, 1.807) is 11.3 Å². The van der Waals surface area contributed by atoms with Gasteiger partial charge in [-0.2, -0.15) is 0 Å². The summed E-state index contributed by atoms with van der Waals surface area (Å²) in [5.74, 6) is 0.0641. The van der Waals surface area contributed by atoms with Gasteiger partial charge < -0.3 is 14.7 Å². The summed E-state index contributed by atoms with van der Waals surface area (Å²) in [6, 6.07) is 6.04. The van der Waals surface area contributed by atoms with Gasteiger partial charge in [0.15, 0.2) is 0 Å². The van der Waals surface area contributed by atoms with Crippen LogP contribution >= 0.6 is 11.3 Å². The molecule has 1 saturated heterocycles. The molecule has 2 aromatic rings. The van der Waals surface area contributed by atoms with E-state index in [1.165, 1.54) is 4.88 Å². The van der Waals surface area contributed by atoms with E-state index in [1.807, 2.05) is 18.2 Å². The third kappa shape index (κ3) is 3.58. The maximum absolute atomic E-state index is 12.2. The summed E-state index contributed by atoms with van der Waals surface area (Å²) in [6.45, 7) is 8.51. The molecule has 1 N–H and O–H groups in total. The number of nitrogens with zero attached hydrogens (tertiary/aromatic N) is 1. The third-order valence-corrected chi connectivity index (χ3v) is 7.48. The molecule has 2 heterocycles. The van der Waals surface area contributed by atoms with Gasteiger partial charge in [-0.1, -0.05) is 26.0 Å². The molecule has 1 aromatic carbocycles. The lowest BCUT2D eigenvalue weighted by Gasteiger charge is -2.29. The Kier molecular flexibility index (Phi) is 5.00. The number of aryl methyl sites for hydroxylation is 1. The molecule has 1 fully saturated rings. The van der Waals surface area contributed by atoms with Crippen molar-refractivity contribution in [3.05, 3.63) is 39.8 Å². The van der Waals surface area contributed by atoms with Crippen LogP contribution < -0.4 is 4.74 Å². The molecular weight excluding hydrogens is 370 g/mol. The van der Waals surface area contributed by atoms with Gasteiger partial charge in [0, 0.05) is 22.8 Å². The van der Waals surface area contributed by atoms with Crippen LogP contribution in [0.2, 0.25) is 0 Å². The van der Waals surface area contributed by atoms with Gasteiger partial charge in [0.2, 0.25) is 0 Å². The van der Waals surface area contributed by atoms with Crippen molar-refractivity contribution >= 4 is 17.3 Å². The van der Waals surface area contributed by atoms with Crippen molar-refractivity contribution in [3.63, 3.8) is 0 Å². The number of benzene rings is 1. The lowest BCUT2D eigenvalue weighted by atomic mass is 9.76. The maximum atomic E-state index is 12.2. The second kappa shape index (κ2) is 7.20. The summed E-state index contributed by atoms with van der Waals surface area (Å²) in [6.07, 6.45) is 4.15. The minimum absolute atomic E-state index is 0.157. The topological polar surface area (TPSA) is 49.8 Å². The standard InChI is InChI=1S/C23H29NO3S/c1-14-16(6-5-7-18(14)27-15-9-11-24(4)13-15)21-20(22(25)26)17-12-23(2,3)10-8-19(17)28-21/h5-7,15H,8-13H2,1-4H3,(H,25,26)/t15-/m0/s1. The van der Waals surface area contributed by atoms with Crippen LogP contribution in [0.5, 0.6) is 5.75 Å². The molecule has 0 spiro atoms. The molecule has 28 heavy (non-hydrogen) atoms. The van der Waals surface area contributed by atoms with Gasteiger partial charge in [0.05, 0.1) is 5.56 Å². The first kappa shape index (κ1) is 19.5. The number of carboxylic acid groups (broad SMARTS) is 1. The molecule has 0 saturated carbocycles. The summed E-state index contributed by atoms with van der Waals surface area (Å²) in [4.78, 5) is 16.6. The predicted octanol–water partition coefficient (Wildman–Crippen LogP) is 5.02. The average Bonchev–Trinajstić information content (AvgIpc) is 3.18. The fraction of sp³-hybridized carbons (Fsp3) is 0.522. The van der Waals surface area contributed by atoms with Gasteiger partial charge in [-0.05, 0) is 67.8 Å². The Bertz CT molecular complexity index is 915. The first-order chi connectivity index (χ1) is 13.2. The molecule has 0 unspecified atom stereocenters. The van der Waals surface area contributed by atoms with Gasteiger partial charge in [0.25, 0.3) is 0 Å². The lowest BCUT2D eigenvalue weighted by molar-refractivity contribution is 0.0696. The molecule has 1 atom stereocenters. The normalized spacial score (nSPS) is 21.5. The number of ether oxygens (including phenoxy) is 1. The van der Waals surface area contributed by atoms with Gasteiger partial charge in [-0.3, -0.25) is 0 Å². The molecule has 1 aromatic heterocycles. The highest BCUT2D eigenvalue weighted by atomic mass is 32.1. The van der Waals surface area contributed by atoms with E-state index in [0.717, 1.165) is 66.1 Å². The van der Waals surface area contributed by atoms with Crippen LogP contribution in [-0.4, -0.2) is 42.2 Å². The first-order valence-corrected chi connectivity index (χ1v) is 10.9. The van der Waals surface area contributed by atoms with Crippen LogP contribution in [0.1, 0.15) is 53.1 Å². The summed E-state index contributed by atoms with van der Waals surface area (Å²) in [5.41, 5.74) is 3.75. The molecule has 4 nitrogen and oxygen atoms in total. The van der Waals surface area contributed by atoms with Crippen LogP contribution in [0.25, 0.3) is 10.4 Å². The minimum atomic E-state index is -0.812. The minimum Gasteiger partial charge on any atom is -0.489 e. The van der Waals surface area contributed by atoms with E-state index in [-0.39, 0.29) is 11.5 Å². The number of carbonyl (C=O) groups is 1. The zero-order valence-electron chi connectivity index (χ0n) is 17.2. The molecule has 0 bridgehead atoms. The van der Waals surface area contributed by atoms with Crippen LogP contribution in [0.4, 0.5) is 0 Å². The number of fused-ring (bicyclic) bond motifs is 1. The summed E-state index contributed by atoms with van der Waals surface area (Å²) in [7, 11) is 2.11. The summed E-state index contributed by atoms with van der Waals surface area (Å²) in [5, 5.41) is 10.0. The quantitative estimate of drug-likeness (QED) is 0.784. The molecule has 0 radical (unpaired) electrons. The highest BCUT2D eigenvalue weighted by Gasteiger charge is 2.33. The van der Waals surface area contributed by atoms with Crippen LogP contribution in [0, 0.1) is 12.3 Å². The lowest BCUT2D eigenvalue weighted by Crippen LogP contribution is -2.22. The van der Waals surface area contributed by atoms with Crippen LogP contribution in [0.15, 0.2) is 18.2 Å². The van der Waals surface area contributed by atoms with Crippen LogP contribution in [0.3, 0.4) is 0 Å². The van der Waals surface area contributed by atoms with Crippen molar-refractivity contribution in [2.75, 3.05) is 20.1 Å². The van der Waals surface area contributed by atoms with Gasteiger partial charge >= 0.3 is 5.97 Å². The number of rotatable bonds is 4. The van der Waals surface area contributed by atoms with Crippen molar-refractivity contribution in [1.82, 2.24) is 4.90 Å². The van der Waals surface area contributed by atoms with Crippen molar-refractivity contribution in [2.24, 2.45) is 5.41 Å². The number of likely N-dealkylation sites (tertiary alicyclic amines) is 1. The first-order valence-electron chi connectivity index (χ1n) is 10.1. The second-order valence-corrected chi connectivity index (χ2v) is 10.2. The fourth-order valence-electron chi connectivity index (χ4n) is 4.49. The molecule has 5 heteroatoms. The van der Waals surface area contributed by atoms with E-state index in [4.69, 9.17) is 4.74 Å². The van der Waals surface area contributed by atoms with Gasteiger partial charge in [0.1, 0.15) is 11.9 Å². The number of aromatic carboxylic acids is 1. The Morgan fingerprint density at radius 2 is 2.14 bits per heavy atom. The number of likely N-dealkylation sites (N-methyl/N-ethyl adjacent to an activating group) is 1. The Morgan fingerprint density at radius 3 is 2.82 bits per heavy atom. The Balaban J connectivity index is 1.74. The molecule has 4 rings (SSSR count). The SMILES string of the molecule is Cc1c(O[C@H]2CCN(C)C2)cccc1-c1sc2c(c1C(=O)O)CC(C)(C)CC2. The zero-order chi connectivity index (χ0) is 20.1. The monoisotopic (exact) mass is 399 g/mol. The molecule has 1 aliphatic heterocycles. The third-order valence-electron chi connectivity index (χ3n) is 6.16. The highest BCUT2D eigenvalue weighted by Crippen LogP contribution is 2.46. The highest BCUT2D eigenvalue weighted by molar-refractivity contribution is 7.16. The van der Waals surface area contributed by atoms with Gasteiger partial charge in [-0.25, -0.2) is 4.79 Å². The summed E-state index contributed by atoms with van der Waals surface area (Å²) >= 11 is 1.67. The summed E-state index contributed by atoms with van der Waals surface area (Å²) < 4.78 is 6.29. The molecule has 150 valence electrons. The smallest absolute Gasteiger partial charge is 0.337 e. The number of hydrogen-bond donors (Lipinski definition) is 1. The van der Waals surface area contributed by atoms with Crippen molar-refractivity contribution in [3.8, 4) is 16.2 Å². The van der Waals surface area contributed by atoms with Crippen molar-refractivity contribution < 1.29 is 14.6 Å². The molecule has 0 amide bonds. The Morgan fingerprint density at radius 1 is 1.36 bits per heavy atom. The van der Waals surface area contributed by atoms with E-state index >= 15 is 0 Å². The van der Waals surface area contributed by atoms with Crippen molar-refractivity contribution in [1.29, 1.82) is 0 Å². The fourth-order valence-corrected chi connectivity index (χ4v) is 5.89. The molecule has 1 aliphatic carbocycles.